The van der Waals surface area contributed by atoms with Crippen LogP contribution in [0.3, 0.4) is 0 Å². The summed E-state index contributed by atoms with van der Waals surface area (Å²) in [7, 11) is 0. The number of rotatable bonds is 5. The van der Waals surface area contributed by atoms with Crippen molar-refractivity contribution in [2.24, 2.45) is 0 Å². The lowest BCUT2D eigenvalue weighted by Gasteiger charge is -2.14. The molecule has 15 heavy (non-hydrogen) atoms. The maximum atomic E-state index is 13.4. The molecule has 0 unspecified atom stereocenters. The summed E-state index contributed by atoms with van der Waals surface area (Å²) in [4.78, 5) is 6.96. The van der Waals surface area contributed by atoms with Crippen molar-refractivity contribution < 1.29 is 13.9 Å². The Labute approximate surface area is 86.2 Å². The number of nitrogens with zero attached hydrogens (tertiary/aromatic N) is 2. The van der Waals surface area contributed by atoms with Gasteiger partial charge in [-0.3, -0.25) is 0 Å². The lowest BCUT2D eigenvalue weighted by atomic mass is 10.1. The SMILES string of the molecule is Nc1ccnc(C(F)(F)CCCCO)n1. The highest BCUT2D eigenvalue weighted by Crippen LogP contribution is 2.30. The van der Waals surface area contributed by atoms with Crippen LogP contribution in [0.4, 0.5) is 14.6 Å². The van der Waals surface area contributed by atoms with Gasteiger partial charge in [-0.25, -0.2) is 9.97 Å². The van der Waals surface area contributed by atoms with Gasteiger partial charge in [0.2, 0.25) is 5.82 Å². The highest BCUT2D eigenvalue weighted by molar-refractivity contribution is 5.25. The summed E-state index contributed by atoms with van der Waals surface area (Å²) in [6, 6.07) is 1.35. The Morgan fingerprint density at radius 1 is 1.40 bits per heavy atom. The zero-order valence-corrected chi connectivity index (χ0v) is 8.16. The molecule has 1 heterocycles. The van der Waals surface area contributed by atoms with Crippen LogP contribution in [0.1, 0.15) is 25.1 Å². The number of nitrogens with two attached hydrogens (primary N) is 1. The summed E-state index contributed by atoms with van der Waals surface area (Å²) in [5.74, 6) is -3.60. The third kappa shape index (κ3) is 3.39. The molecule has 0 fully saturated rings. The molecule has 0 bridgehead atoms. The molecule has 4 nitrogen and oxygen atoms in total. The van der Waals surface area contributed by atoms with Gasteiger partial charge in [0.05, 0.1) is 0 Å². The fraction of sp³-hybridized carbons (Fsp3) is 0.556. The number of halogens is 2. The Morgan fingerprint density at radius 3 is 2.73 bits per heavy atom. The largest absolute Gasteiger partial charge is 0.396 e. The number of hydrogen-bond donors (Lipinski definition) is 2. The fourth-order valence-electron chi connectivity index (χ4n) is 1.12. The van der Waals surface area contributed by atoms with Crippen LogP contribution >= 0.6 is 0 Å². The first kappa shape index (κ1) is 11.8. The molecule has 1 rings (SSSR count). The van der Waals surface area contributed by atoms with E-state index in [2.05, 4.69) is 9.97 Å². The predicted octanol–water partition coefficient (Wildman–Crippen LogP) is 1.31. The Balaban J connectivity index is 2.67. The van der Waals surface area contributed by atoms with Crippen LogP contribution in [0.5, 0.6) is 0 Å². The number of anilines is 1. The molecule has 0 radical (unpaired) electrons. The van der Waals surface area contributed by atoms with Gasteiger partial charge in [0.15, 0.2) is 0 Å². The molecule has 0 aliphatic heterocycles. The van der Waals surface area contributed by atoms with Gasteiger partial charge in [-0.2, -0.15) is 8.78 Å². The normalized spacial score (nSPS) is 11.7. The van der Waals surface area contributed by atoms with Gasteiger partial charge in [0, 0.05) is 19.2 Å². The minimum Gasteiger partial charge on any atom is -0.396 e. The fourth-order valence-corrected chi connectivity index (χ4v) is 1.12. The average molecular weight is 217 g/mol. The topological polar surface area (TPSA) is 72.0 Å². The van der Waals surface area contributed by atoms with Crippen LogP contribution in [-0.2, 0) is 5.92 Å². The molecule has 0 aliphatic carbocycles. The summed E-state index contributed by atoms with van der Waals surface area (Å²) in [6.07, 6.45) is 1.40. The standard InChI is InChI=1S/C9H13F2N3O/c10-9(11,4-1-2-6-15)8-13-5-3-7(12)14-8/h3,5,15H,1-2,4,6H2,(H2,12,13,14). The molecule has 0 aliphatic rings. The van der Waals surface area contributed by atoms with Crippen molar-refractivity contribution >= 4 is 5.82 Å². The molecule has 1 aromatic heterocycles. The van der Waals surface area contributed by atoms with Crippen LogP contribution in [0.2, 0.25) is 0 Å². The lowest BCUT2D eigenvalue weighted by molar-refractivity contribution is -0.0253. The minimum absolute atomic E-state index is 0.0295. The minimum atomic E-state index is -3.08. The Bertz CT molecular complexity index is 320. The molecule has 6 heteroatoms. The van der Waals surface area contributed by atoms with Gasteiger partial charge in [-0.1, -0.05) is 0 Å². The van der Waals surface area contributed by atoms with E-state index in [1.807, 2.05) is 0 Å². The number of aromatic nitrogens is 2. The Morgan fingerprint density at radius 2 is 2.13 bits per heavy atom. The molecule has 1 aromatic rings. The summed E-state index contributed by atoms with van der Waals surface area (Å²) in [5.41, 5.74) is 5.29. The van der Waals surface area contributed by atoms with E-state index in [1.165, 1.54) is 12.3 Å². The van der Waals surface area contributed by atoms with Crippen LogP contribution in [0, 0.1) is 0 Å². The highest BCUT2D eigenvalue weighted by atomic mass is 19.3. The first-order valence-electron chi connectivity index (χ1n) is 4.64. The van der Waals surface area contributed by atoms with Crippen molar-refractivity contribution in [2.75, 3.05) is 12.3 Å². The van der Waals surface area contributed by atoms with Crippen molar-refractivity contribution in [1.29, 1.82) is 0 Å². The van der Waals surface area contributed by atoms with Gasteiger partial charge in [-0.15, -0.1) is 0 Å². The number of alkyl halides is 2. The molecule has 0 amide bonds. The lowest BCUT2D eigenvalue weighted by Crippen LogP contribution is -2.18. The average Bonchev–Trinajstić information content (AvgIpc) is 2.18. The molecular formula is C9H13F2N3O. The van der Waals surface area contributed by atoms with Crippen molar-refractivity contribution in [3.63, 3.8) is 0 Å². The second-order valence-corrected chi connectivity index (χ2v) is 3.19. The highest BCUT2D eigenvalue weighted by Gasteiger charge is 2.34. The van der Waals surface area contributed by atoms with Crippen molar-refractivity contribution in [3.05, 3.63) is 18.1 Å². The van der Waals surface area contributed by atoms with Crippen LogP contribution in [0.15, 0.2) is 12.3 Å². The van der Waals surface area contributed by atoms with Gasteiger partial charge in [0.25, 0.3) is 0 Å². The molecule has 3 N–H and O–H groups in total. The number of hydrogen-bond acceptors (Lipinski definition) is 4. The second-order valence-electron chi connectivity index (χ2n) is 3.19. The summed E-state index contributed by atoms with van der Waals surface area (Å²) < 4.78 is 26.8. The molecule has 0 saturated heterocycles. The third-order valence-corrected chi connectivity index (χ3v) is 1.90. The molecule has 0 saturated carbocycles. The zero-order valence-electron chi connectivity index (χ0n) is 8.16. The van der Waals surface area contributed by atoms with E-state index < -0.39 is 11.7 Å². The van der Waals surface area contributed by atoms with Gasteiger partial charge in [-0.05, 0) is 18.9 Å². The smallest absolute Gasteiger partial charge is 0.306 e. The number of aliphatic hydroxyl groups is 1. The first-order chi connectivity index (χ1) is 7.06. The summed E-state index contributed by atoms with van der Waals surface area (Å²) in [6.45, 7) is -0.0894. The molecule has 0 atom stereocenters. The number of aliphatic hydroxyl groups excluding tert-OH is 1. The van der Waals surface area contributed by atoms with E-state index in [1.54, 1.807) is 0 Å². The van der Waals surface area contributed by atoms with E-state index in [9.17, 15) is 8.78 Å². The van der Waals surface area contributed by atoms with Gasteiger partial charge in [0.1, 0.15) is 5.82 Å². The monoisotopic (exact) mass is 217 g/mol. The van der Waals surface area contributed by atoms with Crippen molar-refractivity contribution in [3.8, 4) is 0 Å². The van der Waals surface area contributed by atoms with Crippen LogP contribution < -0.4 is 5.73 Å². The summed E-state index contributed by atoms with van der Waals surface area (Å²) >= 11 is 0. The molecule has 0 aromatic carbocycles. The van der Waals surface area contributed by atoms with E-state index in [0.29, 0.717) is 6.42 Å². The summed E-state index contributed by atoms with van der Waals surface area (Å²) in [5, 5.41) is 8.48. The Hall–Kier alpha value is -1.30. The van der Waals surface area contributed by atoms with E-state index in [4.69, 9.17) is 10.8 Å². The molecular weight excluding hydrogens is 204 g/mol. The Kier molecular flexibility index (Phi) is 3.90. The van der Waals surface area contributed by atoms with E-state index >= 15 is 0 Å². The van der Waals surface area contributed by atoms with E-state index in [-0.39, 0.29) is 25.3 Å². The molecule has 84 valence electrons. The predicted molar refractivity (Wildman–Crippen MR) is 51.3 cm³/mol. The third-order valence-electron chi connectivity index (χ3n) is 1.90. The number of unbranched alkanes of at least 4 members (excludes halogenated alkanes) is 1. The first-order valence-corrected chi connectivity index (χ1v) is 4.64. The van der Waals surface area contributed by atoms with Crippen LogP contribution in [-0.4, -0.2) is 21.7 Å². The molecule has 0 spiro atoms. The van der Waals surface area contributed by atoms with Crippen molar-refractivity contribution in [1.82, 2.24) is 9.97 Å². The van der Waals surface area contributed by atoms with Gasteiger partial charge >= 0.3 is 5.92 Å². The van der Waals surface area contributed by atoms with Crippen molar-refractivity contribution in [2.45, 2.75) is 25.2 Å². The maximum Gasteiger partial charge on any atom is 0.306 e. The quantitative estimate of drug-likeness (QED) is 0.729. The second kappa shape index (κ2) is 4.97. The van der Waals surface area contributed by atoms with E-state index in [0.717, 1.165) is 0 Å². The maximum absolute atomic E-state index is 13.4. The zero-order chi connectivity index (χ0) is 11.3. The van der Waals surface area contributed by atoms with Gasteiger partial charge < -0.3 is 10.8 Å². The van der Waals surface area contributed by atoms with Crippen LogP contribution in [0.25, 0.3) is 0 Å². The number of nitrogen functional groups attached to an aromatic ring is 1.